The third-order valence-corrected chi connectivity index (χ3v) is 4.90. The molecule has 0 saturated carbocycles. The van der Waals surface area contributed by atoms with Crippen LogP contribution in [-0.4, -0.2) is 55.4 Å². The van der Waals surface area contributed by atoms with Gasteiger partial charge in [0.2, 0.25) is 0 Å². The second kappa shape index (κ2) is 5.92. The van der Waals surface area contributed by atoms with E-state index in [1.165, 1.54) is 7.11 Å². The smallest absolute Gasteiger partial charge is 0.305 e. The van der Waals surface area contributed by atoms with Gasteiger partial charge in [-0.05, 0) is 27.7 Å². The zero-order valence-corrected chi connectivity index (χ0v) is 15.3. The summed E-state index contributed by atoms with van der Waals surface area (Å²) in [6.45, 7) is 10.0. The monoisotopic (exact) mass is 344 g/mol. The molecule has 3 aliphatic rings. The fraction of sp³-hybridized carbons (Fsp3) is 0.941. The number of esters is 1. The second-order valence-electron chi connectivity index (χ2n) is 7.74. The first kappa shape index (κ1) is 18.1. The molecule has 0 aromatic rings. The summed E-state index contributed by atoms with van der Waals surface area (Å²) in [5, 5.41) is 0. The highest BCUT2D eigenvalue weighted by molar-refractivity contribution is 5.69. The van der Waals surface area contributed by atoms with Crippen molar-refractivity contribution in [2.45, 2.75) is 83.1 Å². The maximum atomic E-state index is 11.6. The van der Waals surface area contributed by atoms with E-state index in [1.807, 2.05) is 27.7 Å². The van der Waals surface area contributed by atoms with E-state index in [4.69, 9.17) is 28.4 Å². The zero-order valence-electron chi connectivity index (χ0n) is 15.3. The standard InChI is InChI=1S/C17H28O7/c1-10-13(11-9-20-15(2,3)21-11)22-17(8-7-12(18)19-6)14(10)23-16(4,5)24-17/h10-11,13-14H,7-9H2,1-6H3/t10-,11+,13+,14+,17+/m0/s1. The minimum atomic E-state index is -0.960. The van der Waals surface area contributed by atoms with Crippen LogP contribution in [0.4, 0.5) is 0 Å². The molecule has 0 amide bonds. The number of methoxy groups -OCH3 is 1. The number of hydrogen-bond acceptors (Lipinski definition) is 7. The Morgan fingerprint density at radius 1 is 1.12 bits per heavy atom. The van der Waals surface area contributed by atoms with Crippen LogP contribution in [0.3, 0.4) is 0 Å². The van der Waals surface area contributed by atoms with Gasteiger partial charge in [-0.25, -0.2) is 0 Å². The summed E-state index contributed by atoms with van der Waals surface area (Å²) in [4.78, 5) is 11.6. The van der Waals surface area contributed by atoms with Gasteiger partial charge in [0.1, 0.15) is 12.2 Å². The average Bonchev–Trinajstić information content (AvgIpc) is 3.06. The lowest BCUT2D eigenvalue weighted by atomic mass is 9.92. The van der Waals surface area contributed by atoms with Crippen molar-refractivity contribution in [1.29, 1.82) is 0 Å². The Labute approximate surface area is 142 Å². The van der Waals surface area contributed by atoms with Crippen LogP contribution in [0.1, 0.15) is 47.5 Å². The quantitative estimate of drug-likeness (QED) is 0.722. The van der Waals surface area contributed by atoms with Crippen LogP contribution in [0.25, 0.3) is 0 Å². The molecule has 7 nitrogen and oxygen atoms in total. The molecule has 24 heavy (non-hydrogen) atoms. The molecular formula is C17H28O7. The Hall–Kier alpha value is -0.730. The highest BCUT2D eigenvalue weighted by Crippen LogP contribution is 2.51. The summed E-state index contributed by atoms with van der Waals surface area (Å²) in [6, 6.07) is 0. The minimum absolute atomic E-state index is 0.0481. The average molecular weight is 344 g/mol. The maximum Gasteiger partial charge on any atom is 0.305 e. The summed E-state index contributed by atoms with van der Waals surface area (Å²) in [5.74, 6) is -2.58. The van der Waals surface area contributed by atoms with Crippen LogP contribution in [-0.2, 0) is 33.2 Å². The number of ether oxygens (including phenoxy) is 6. The van der Waals surface area contributed by atoms with Crippen LogP contribution in [0.15, 0.2) is 0 Å². The van der Waals surface area contributed by atoms with Crippen LogP contribution < -0.4 is 0 Å². The largest absolute Gasteiger partial charge is 0.469 e. The lowest BCUT2D eigenvalue weighted by Gasteiger charge is -2.30. The zero-order chi connectivity index (χ0) is 17.8. The predicted octanol–water partition coefficient (Wildman–Crippen LogP) is 1.97. The SMILES string of the molecule is COC(=O)CC[C@]12O[C@@H]([C@H]3COC(C)(C)O3)[C@H](C)[C@H]1OC(C)(C)O2. The van der Waals surface area contributed by atoms with Crippen molar-refractivity contribution in [3.8, 4) is 0 Å². The molecule has 0 N–H and O–H groups in total. The van der Waals surface area contributed by atoms with Gasteiger partial charge in [0.15, 0.2) is 17.4 Å². The number of fused-ring (bicyclic) bond motifs is 1. The molecule has 0 aromatic heterocycles. The molecule has 0 aliphatic carbocycles. The topological polar surface area (TPSA) is 72.5 Å². The number of hydrogen-bond donors (Lipinski definition) is 0. The normalized spacial score (nSPS) is 42.9. The summed E-state index contributed by atoms with van der Waals surface area (Å²) in [5.41, 5.74) is 0. The van der Waals surface area contributed by atoms with Gasteiger partial charge in [-0.2, -0.15) is 0 Å². The lowest BCUT2D eigenvalue weighted by Crippen LogP contribution is -2.40. The fourth-order valence-electron chi connectivity index (χ4n) is 3.93. The van der Waals surface area contributed by atoms with E-state index in [0.717, 1.165) is 0 Å². The fourth-order valence-corrected chi connectivity index (χ4v) is 3.93. The van der Waals surface area contributed by atoms with E-state index in [0.29, 0.717) is 13.0 Å². The Kier molecular flexibility index (Phi) is 4.45. The second-order valence-corrected chi connectivity index (χ2v) is 7.74. The van der Waals surface area contributed by atoms with E-state index in [2.05, 4.69) is 6.92 Å². The first-order valence-corrected chi connectivity index (χ1v) is 8.52. The Morgan fingerprint density at radius 2 is 1.83 bits per heavy atom. The van der Waals surface area contributed by atoms with Gasteiger partial charge in [0, 0.05) is 12.3 Å². The molecule has 3 fully saturated rings. The number of carbonyl (C=O) groups excluding carboxylic acids is 1. The van der Waals surface area contributed by atoms with E-state index < -0.39 is 17.4 Å². The molecule has 3 rings (SSSR count). The molecule has 3 heterocycles. The summed E-state index contributed by atoms with van der Waals surface area (Å²) in [7, 11) is 1.38. The summed E-state index contributed by atoms with van der Waals surface area (Å²) >= 11 is 0. The van der Waals surface area contributed by atoms with Crippen molar-refractivity contribution in [3.63, 3.8) is 0 Å². The molecule has 138 valence electrons. The molecule has 0 radical (unpaired) electrons. The molecule has 5 atom stereocenters. The molecule has 0 unspecified atom stereocenters. The molecule has 3 saturated heterocycles. The van der Waals surface area contributed by atoms with Crippen LogP contribution in [0.2, 0.25) is 0 Å². The predicted molar refractivity (Wildman–Crippen MR) is 83.0 cm³/mol. The lowest BCUT2D eigenvalue weighted by molar-refractivity contribution is -0.275. The molecule has 3 aliphatic heterocycles. The van der Waals surface area contributed by atoms with E-state index >= 15 is 0 Å². The molecule has 0 aromatic carbocycles. The van der Waals surface area contributed by atoms with Crippen molar-refractivity contribution in [3.05, 3.63) is 0 Å². The van der Waals surface area contributed by atoms with Crippen molar-refractivity contribution >= 4 is 5.97 Å². The highest BCUT2D eigenvalue weighted by Gasteiger charge is 2.65. The van der Waals surface area contributed by atoms with Crippen molar-refractivity contribution in [2.75, 3.05) is 13.7 Å². The van der Waals surface area contributed by atoms with Crippen LogP contribution in [0.5, 0.6) is 0 Å². The Morgan fingerprint density at radius 3 is 2.42 bits per heavy atom. The number of carbonyl (C=O) groups is 1. The van der Waals surface area contributed by atoms with Gasteiger partial charge < -0.3 is 28.4 Å². The summed E-state index contributed by atoms with van der Waals surface area (Å²) in [6.07, 6.45) is -0.0868. The first-order valence-electron chi connectivity index (χ1n) is 8.52. The van der Waals surface area contributed by atoms with Gasteiger partial charge in [-0.1, -0.05) is 6.92 Å². The molecular weight excluding hydrogens is 316 g/mol. The highest BCUT2D eigenvalue weighted by atomic mass is 16.9. The minimum Gasteiger partial charge on any atom is -0.469 e. The summed E-state index contributed by atoms with van der Waals surface area (Å²) < 4.78 is 34.9. The van der Waals surface area contributed by atoms with Crippen molar-refractivity contribution in [1.82, 2.24) is 0 Å². The Balaban J connectivity index is 1.78. The third-order valence-electron chi connectivity index (χ3n) is 4.90. The van der Waals surface area contributed by atoms with Gasteiger partial charge in [0.25, 0.3) is 0 Å². The van der Waals surface area contributed by atoms with Crippen LogP contribution >= 0.6 is 0 Å². The van der Waals surface area contributed by atoms with Crippen LogP contribution in [0, 0.1) is 5.92 Å². The van der Waals surface area contributed by atoms with E-state index in [9.17, 15) is 4.79 Å². The third kappa shape index (κ3) is 3.20. The van der Waals surface area contributed by atoms with Gasteiger partial charge >= 0.3 is 5.97 Å². The van der Waals surface area contributed by atoms with Crippen molar-refractivity contribution < 1.29 is 33.2 Å². The molecule has 7 heteroatoms. The molecule has 0 spiro atoms. The van der Waals surface area contributed by atoms with Gasteiger partial charge in [-0.3, -0.25) is 4.79 Å². The molecule has 0 bridgehead atoms. The van der Waals surface area contributed by atoms with E-state index in [1.54, 1.807) is 0 Å². The van der Waals surface area contributed by atoms with Crippen molar-refractivity contribution in [2.24, 2.45) is 5.92 Å². The van der Waals surface area contributed by atoms with Gasteiger partial charge in [-0.15, -0.1) is 0 Å². The first-order chi connectivity index (χ1) is 11.1. The number of rotatable bonds is 4. The van der Waals surface area contributed by atoms with Gasteiger partial charge in [0.05, 0.1) is 26.2 Å². The van der Waals surface area contributed by atoms with E-state index in [-0.39, 0.29) is 36.6 Å². The maximum absolute atomic E-state index is 11.6. The Bertz CT molecular complexity index is 503.